The summed E-state index contributed by atoms with van der Waals surface area (Å²) in [6.07, 6.45) is 44.4. The predicted molar refractivity (Wildman–Crippen MR) is 262 cm³/mol. The summed E-state index contributed by atoms with van der Waals surface area (Å²) in [5.41, 5.74) is 0. The van der Waals surface area contributed by atoms with Crippen LogP contribution in [0, 0.1) is 0 Å². The Balaban J connectivity index is 2.35. The van der Waals surface area contributed by atoms with E-state index >= 15 is 0 Å². The SMILES string of the molecule is CC/C=C\C/C=C\C/C=C\C/C=C\CCCCCOCC(COC1OC(CO)C(O)C(OS(=O)(=O)O)C1O)OC(=O)CCCCCCCCCCCCCCCCCCCCCCCC. The van der Waals surface area contributed by atoms with Crippen molar-refractivity contribution in [1.82, 2.24) is 0 Å². The number of hydrogen-bond donors (Lipinski definition) is 4. The van der Waals surface area contributed by atoms with Crippen LogP contribution in [0.2, 0.25) is 0 Å². The lowest BCUT2D eigenvalue weighted by Gasteiger charge is -2.41. The monoisotopic (exact) mass is 943 g/mol. The van der Waals surface area contributed by atoms with E-state index in [2.05, 4.69) is 66.6 Å². The van der Waals surface area contributed by atoms with Gasteiger partial charge in [0.1, 0.15) is 30.5 Å². The minimum absolute atomic E-state index is 0.0157. The zero-order chi connectivity index (χ0) is 47.5. The Morgan fingerprint density at radius 2 is 1.06 bits per heavy atom. The number of ether oxygens (including phenoxy) is 4. The number of carbonyl (C=O) groups is 1. The van der Waals surface area contributed by atoms with Crippen molar-refractivity contribution in [3.8, 4) is 0 Å². The van der Waals surface area contributed by atoms with Gasteiger partial charge in [-0.05, 0) is 51.4 Å². The lowest BCUT2D eigenvalue weighted by Crippen LogP contribution is -2.60. The normalized spacial score (nSPS) is 20.0. The van der Waals surface area contributed by atoms with Gasteiger partial charge < -0.3 is 34.3 Å². The van der Waals surface area contributed by atoms with Crippen molar-refractivity contribution in [2.75, 3.05) is 26.4 Å². The molecule has 65 heavy (non-hydrogen) atoms. The van der Waals surface area contributed by atoms with Crippen LogP contribution in [0.5, 0.6) is 0 Å². The molecule has 6 atom stereocenters. The number of allylic oxidation sites excluding steroid dienone is 8. The highest BCUT2D eigenvalue weighted by molar-refractivity contribution is 7.80. The molecule has 0 radical (unpaired) electrons. The van der Waals surface area contributed by atoms with Gasteiger partial charge in [0.25, 0.3) is 0 Å². The molecule has 0 spiro atoms. The van der Waals surface area contributed by atoms with Crippen molar-refractivity contribution in [3.63, 3.8) is 0 Å². The van der Waals surface area contributed by atoms with Gasteiger partial charge in [0.15, 0.2) is 6.29 Å². The van der Waals surface area contributed by atoms with Crippen molar-refractivity contribution in [1.29, 1.82) is 0 Å². The van der Waals surface area contributed by atoms with Crippen LogP contribution >= 0.6 is 0 Å². The molecular weight excluding hydrogens is 849 g/mol. The highest BCUT2D eigenvalue weighted by atomic mass is 32.3. The third kappa shape index (κ3) is 36.7. The number of aliphatic hydroxyl groups excluding tert-OH is 3. The van der Waals surface area contributed by atoms with Gasteiger partial charge >= 0.3 is 16.4 Å². The topological polar surface area (TPSA) is 178 Å². The molecule has 0 aromatic rings. The minimum atomic E-state index is -5.07. The van der Waals surface area contributed by atoms with Gasteiger partial charge in [-0.15, -0.1) is 0 Å². The average Bonchev–Trinajstić information content (AvgIpc) is 3.28. The van der Waals surface area contributed by atoms with Gasteiger partial charge in [-0.3, -0.25) is 9.35 Å². The van der Waals surface area contributed by atoms with Crippen LogP contribution in [-0.4, -0.2) is 97.5 Å². The molecule has 1 aliphatic heterocycles. The van der Waals surface area contributed by atoms with Gasteiger partial charge in [0, 0.05) is 13.0 Å². The second-order valence-electron chi connectivity index (χ2n) is 17.7. The largest absolute Gasteiger partial charge is 0.457 e. The van der Waals surface area contributed by atoms with Crippen molar-refractivity contribution in [3.05, 3.63) is 48.6 Å². The maximum absolute atomic E-state index is 12.9. The van der Waals surface area contributed by atoms with E-state index in [0.29, 0.717) is 13.0 Å². The van der Waals surface area contributed by atoms with E-state index in [1.807, 2.05) is 0 Å². The summed E-state index contributed by atoms with van der Waals surface area (Å²) in [5.74, 6) is -0.408. The van der Waals surface area contributed by atoms with Crippen molar-refractivity contribution in [2.45, 2.75) is 250 Å². The number of carbonyl (C=O) groups excluding carboxylic acids is 1. The van der Waals surface area contributed by atoms with Gasteiger partial charge in [0.2, 0.25) is 0 Å². The fourth-order valence-electron chi connectivity index (χ4n) is 7.84. The first-order chi connectivity index (χ1) is 31.6. The highest BCUT2D eigenvalue weighted by Crippen LogP contribution is 2.26. The lowest BCUT2D eigenvalue weighted by molar-refractivity contribution is -0.301. The van der Waals surface area contributed by atoms with Crippen LogP contribution in [0.25, 0.3) is 0 Å². The standard InChI is InChI=1S/C52H94O12S/c1-3-5-7-9-11-13-15-17-19-21-22-23-24-25-26-27-29-31-33-35-37-39-41-48(54)62-46(45-61-52-50(56)51(64-65(57,58)59)49(55)47(43-53)63-52)44-60-42-40-38-36-34-32-30-28-20-18-16-14-12-10-8-6-4-2/h6,8,12,14,18,20,30,32,46-47,49-53,55-56H,3-5,7,9-11,13,15-17,19,21-29,31,33-45H2,1-2H3,(H,57,58,59)/b8-6-,14-12-,20-18-,32-30-. The third-order valence-electron chi connectivity index (χ3n) is 11.7. The number of rotatable bonds is 45. The van der Waals surface area contributed by atoms with Crippen LogP contribution in [0.4, 0.5) is 0 Å². The number of aliphatic hydroxyl groups is 3. The first kappa shape index (κ1) is 61.1. The van der Waals surface area contributed by atoms with E-state index in [9.17, 15) is 33.1 Å². The van der Waals surface area contributed by atoms with E-state index in [1.54, 1.807) is 0 Å². The molecule has 0 aromatic heterocycles. The summed E-state index contributed by atoms with van der Waals surface area (Å²) in [6, 6.07) is 0. The molecule has 13 heteroatoms. The van der Waals surface area contributed by atoms with Crippen LogP contribution < -0.4 is 0 Å². The minimum Gasteiger partial charge on any atom is -0.457 e. The van der Waals surface area contributed by atoms with Gasteiger partial charge in [0.05, 0.1) is 19.8 Å². The smallest absolute Gasteiger partial charge is 0.397 e. The fourth-order valence-corrected chi connectivity index (χ4v) is 8.35. The summed E-state index contributed by atoms with van der Waals surface area (Å²) >= 11 is 0. The molecule has 1 fully saturated rings. The lowest BCUT2D eigenvalue weighted by atomic mass is 9.99. The Kier molecular flexibility index (Phi) is 40.7. The van der Waals surface area contributed by atoms with Gasteiger partial charge in [-0.25, -0.2) is 4.18 Å². The second-order valence-corrected chi connectivity index (χ2v) is 18.8. The quantitative estimate of drug-likeness (QED) is 0.0197. The van der Waals surface area contributed by atoms with Crippen LogP contribution in [-0.2, 0) is 38.3 Å². The van der Waals surface area contributed by atoms with Crippen LogP contribution in [0.3, 0.4) is 0 Å². The molecule has 1 heterocycles. The zero-order valence-electron chi connectivity index (χ0n) is 40.8. The fraction of sp³-hybridized carbons (Fsp3) is 0.827. The van der Waals surface area contributed by atoms with E-state index in [4.69, 9.17) is 18.9 Å². The maximum atomic E-state index is 12.9. The molecule has 1 saturated heterocycles. The second kappa shape index (κ2) is 43.3. The van der Waals surface area contributed by atoms with Crippen molar-refractivity contribution in [2.24, 2.45) is 0 Å². The summed E-state index contributed by atoms with van der Waals surface area (Å²) in [7, 11) is -5.07. The summed E-state index contributed by atoms with van der Waals surface area (Å²) in [6.45, 7) is 3.83. The molecule has 6 unspecified atom stereocenters. The van der Waals surface area contributed by atoms with Crippen molar-refractivity contribution < 1.29 is 56.2 Å². The zero-order valence-corrected chi connectivity index (χ0v) is 41.6. The Bertz CT molecular complexity index is 1320. The van der Waals surface area contributed by atoms with Crippen LogP contribution in [0.1, 0.15) is 213 Å². The predicted octanol–water partition coefficient (Wildman–Crippen LogP) is 11.9. The molecule has 0 aliphatic carbocycles. The molecule has 4 N–H and O–H groups in total. The maximum Gasteiger partial charge on any atom is 0.397 e. The summed E-state index contributed by atoms with van der Waals surface area (Å²) in [5, 5.41) is 30.7. The third-order valence-corrected chi connectivity index (χ3v) is 12.2. The Hall–Kier alpha value is -1.94. The molecule has 1 rings (SSSR count). The molecule has 12 nitrogen and oxygen atoms in total. The van der Waals surface area contributed by atoms with Gasteiger partial charge in [-0.1, -0.05) is 204 Å². The molecule has 0 saturated carbocycles. The van der Waals surface area contributed by atoms with Gasteiger partial charge in [-0.2, -0.15) is 8.42 Å². The first-order valence-electron chi connectivity index (χ1n) is 25.9. The molecule has 0 bridgehead atoms. The van der Waals surface area contributed by atoms with E-state index < -0.39 is 59.8 Å². The molecule has 380 valence electrons. The first-order valence-corrected chi connectivity index (χ1v) is 27.3. The van der Waals surface area contributed by atoms with E-state index in [-0.39, 0.29) is 19.6 Å². The summed E-state index contributed by atoms with van der Waals surface area (Å²) in [4.78, 5) is 12.9. The van der Waals surface area contributed by atoms with Crippen LogP contribution in [0.15, 0.2) is 48.6 Å². The molecule has 0 amide bonds. The highest BCUT2D eigenvalue weighted by Gasteiger charge is 2.48. The number of esters is 1. The van der Waals surface area contributed by atoms with E-state index in [0.717, 1.165) is 70.6 Å². The Morgan fingerprint density at radius 3 is 1.54 bits per heavy atom. The Morgan fingerprint density at radius 1 is 0.600 bits per heavy atom. The van der Waals surface area contributed by atoms with Crippen molar-refractivity contribution >= 4 is 16.4 Å². The molecular formula is C52H94O12S. The number of unbranched alkanes of at least 4 members (excludes halogenated alkanes) is 24. The average molecular weight is 943 g/mol. The Labute approximate surface area is 396 Å². The van der Waals surface area contributed by atoms with E-state index in [1.165, 1.54) is 116 Å². The molecule has 1 aliphatic rings. The summed E-state index contributed by atoms with van der Waals surface area (Å²) < 4.78 is 59.2. The number of hydrogen-bond acceptors (Lipinski definition) is 11. The molecule has 0 aromatic carbocycles.